The van der Waals surface area contributed by atoms with Gasteiger partial charge in [-0.15, -0.1) is 11.3 Å². The van der Waals surface area contributed by atoms with Crippen LogP contribution in [0.2, 0.25) is 0 Å². The van der Waals surface area contributed by atoms with E-state index in [1.807, 2.05) is 6.92 Å². The second kappa shape index (κ2) is 4.82. The van der Waals surface area contributed by atoms with Crippen molar-refractivity contribution >= 4 is 28.3 Å². The van der Waals surface area contributed by atoms with E-state index in [0.29, 0.717) is 12.1 Å². The van der Waals surface area contributed by atoms with Crippen LogP contribution >= 0.6 is 11.3 Å². The number of anilines is 1. The molecule has 0 radical (unpaired) electrons. The van der Waals surface area contributed by atoms with Gasteiger partial charge in [0.25, 0.3) is 0 Å². The van der Waals surface area contributed by atoms with Crippen LogP contribution in [0.15, 0.2) is 18.3 Å². The lowest BCUT2D eigenvalue weighted by atomic mass is 10.3. The number of thiazole rings is 1. The van der Waals surface area contributed by atoms with Gasteiger partial charge in [0.2, 0.25) is 5.95 Å². The maximum atomic E-state index is 13.7. The minimum atomic E-state index is -0.709. The van der Waals surface area contributed by atoms with Crippen molar-refractivity contribution in [1.82, 2.24) is 14.5 Å². The van der Waals surface area contributed by atoms with Gasteiger partial charge in [0.05, 0.1) is 12.1 Å². The summed E-state index contributed by atoms with van der Waals surface area (Å²) in [5, 5.41) is 0.831. The van der Waals surface area contributed by atoms with Crippen LogP contribution in [0.5, 0.6) is 0 Å². The maximum Gasteiger partial charge on any atom is 0.201 e. The van der Waals surface area contributed by atoms with Crippen LogP contribution in [-0.2, 0) is 13.0 Å². The molecule has 3 aromatic rings. The van der Waals surface area contributed by atoms with Crippen LogP contribution in [0.4, 0.5) is 14.7 Å². The van der Waals surface area contributed by atoms with E-state index in [2.05, 4.69) is 9.97 Å². The van der Waals surface area contributed by atoms with Crippen molar-refractivity contribution in [3.8, 4) is 0 Å². The molecule has 20 heavy (non-hydrogen) atoms. The van der Waals surface area contributed by atoms with Crippen molar-refractivity contribution in [3.63, 3.8) is 0 Å². The molecule has 0 aliphatic heterocycles. The number of nitrogens with two attached hydrogens (primary N) is 1. The van der Waals surface area contributed by atoms with E-state index in [9.17, 15) is 8.78 Å². The molecule has 0 aliphatic carbocycles. The molecule has 3 rings (SSSR count). The summed E-state index contributed by atoms with van der Waals surface area (Å²) in [6.45, 7) is 2.40. The number of benzene rings is 1. The lowest BCUT2D eigenvalue weighted by Crippen LogP contribution is -2.04. The van der Waals surface area contributed by atoms with Gasteiger partial charge in [0.15, 0.2) is 5.82 Å². The highest BCUT2D eigenvalue weighted by Crippen LogP contribution is 2.24. The minimum absolute atomic E-state index is 0.0798. The van der Waals surface area contributed by atoms with E-state index in [1.165, 1.54) is 6.07 Å². The fourth-order valence-corrected chi connectivity index (χ4v) is 2.90. The number of nitrogens with zero attached hydrogens (tertiary/aromatic N) is 3. The first-order chi connectivity index (χ1) is 9.58. The molecule has 0 spiro atoms. The van der Waals surface area contributed by atoms with E-state index < -0.39 is 11.6 Å². The van der Waals surface area contributed by atoms with Gasteiger partial charge < -0.3 is 10.3 Å². The summed E-state index contributed by atoms with van der Waals surface area (Å²) in [4.78, 5) is 9.39. The average Bonchev–Trinajstić information content (AvgIpc) is 2.97. The van der Waals surface area contributed by atoms with Gasteiger partial charge in [-0.2, -0.15) is 0 Å². The number of imidazole rings is 1. The lowest BCUT2D eigenvalue weighted by molar-refractivity contribution is 0.590. The summed E-state index contributed by atoms with van der Waals surface area (Å²) in [7, 11) is 0. The van der Waals surface area contributed by atoms with Gasteiger partial charge in [-0.25, -0.2) is 18.7 Å². The van der Waals surface area contributed by atoms with Gasteiger partial charge in [-0.05, 0) is 6.42 Å². The summed E-state index contributed by atoms with van der Waals surface area (Å²) >= 11 is 1.55. The fourth-order valence-electron chi connectivity index (χ4n) is 2.05. The van der Waals surface area contributed by atoms with E-state index >= 15 is 0 Å². The Morgan fingerprint density at radius 1 is 1.35 bits per heavy atom. The Morgan fingerprint density at radius 2 is 2.15 bits per heavy atom. The van der Waals surface area contributed by atoms with Crippen molar-refractivity contribution in [2.24, 2.45) is 0 Å². The number of fused-ring (bicyclic) bond motifs is 1. The number of hydrogen-bond donors (Lipinski definition) is 1. The highest BCUT2D eigenvalue weighted by Gasteiger charge is 2.15. The molecule has 7 heteroatoms. The van der Waals surface area contributed by atoms with Crippen molar-refractivity contribution in [2.75, 3.05) is 5.73 Å². The lowest BCUT2D eigenvalue weighted by Gasteiger charge is -2.03. The standard InChI is InChI=1S/C13H12F2N4S/c1-2-8-5-17-11(20-8)6-19-10-4-7(14)3-9(15)12(10)18-13(19)16/h3-5H,2,6H2,1H3,(H2,16,18). The number of hydrogen-bond acceptors (Lipinski definition) is 4. The predicted octanol–water partition coefficient (Wildman–Crippen LogP) is 2.96. The van der Waals surface area contributed by atoms with Crippen molar-refractivity contribution in [3.05, 3.63) is 39.8 Å². The molecule has 2 heterocycles. The number of nitrogen functional groups attached to an aromatic ring is 1. The van der Waals surface area contributed by atoms with Gasteiger partial charge >= 0.3 is 0 Å². The number of aryl methyl sites for hydroxylation is 1. The first-order valence-electron chi connectivity index (χ1n) is 6.12. The summed E-state index contributed by atoms with van der Waals surface area (Å²) in [5.74, 6) is -1.21. The van der Waals surface area contributed by atoms with Crippen LogP contribution in [-0.4, -0.2) is 14.5 Å². The van der Waals surface area contributed by atoms with Crippen molar-refractivity contribution < 1.29 is 8.78 Å². The average molecular weight is 294 g/mol. The Morgan fingerprint density at radius 3 is 2.85 bits per heavy atom. The number of halogens is 2. The zero-order valence-corrected chi connectivity index (χ0v) is 11.5. The predicted molar refractivity (Wildman–Crippen MR) is 74.7 cm³/mol. The molecular weight excluding hydrogens is 282 g/mol. The molecule has 0 amide bonds. The molecule has 0 saturated heterocycles. The monoisotopic (exact) mass is 294 g/mol. The maximum absolute atomic E-state index is 13.7. The second-order valence-electron chi connectivity index (χ2n) is 4.39. The molecule has 0 saturated carbocycles. The molecule has 1 aromatic carbocycles. The molecule has 2 N–H and O–H groups in total. The Bertz CT molecular complexity index is 778. The third-order valence-corrected chi connectivity index (χ3v) is 4.17. The zero-order chi connectivity index (χ0) is 14.3. The third-order valence-electron chi connectivity index (χ3n) is 3.05. The van der Waals surface area contributed by atoms with E-state index in [-0.39, 0.29) is 11.5 Å². The Kier molecular flexibility index (Phi) is 3.13. The summed E-state index contributed by atoms with van der Waals surface area (Å²) < 4.78 is 28.6. The molecule has 0 fully saturated rings. The highest BCUT2D eigenvalue weighted by molar-refractivity contribution is 7.11. The molecule has 0 unspecified atom stereocenters. The zero-order valence-electron chi connectivity index (χ0n) is 10.7. The van der Waals surface area contributed by atoms with Crippen molar-refractivity contribution in [1.29, 1.82) is 0 Å². The third kappa shape index (κ3) is 2.14. The molecule has 0 atom stereocenters. The van der Waals surface area contributed by atoms with Crippen molar-refractivity contribution in [2.45, 2.75) is 19.9 Å². The highest BCUT2D eigenvalue weighted by atomic mass is 32.1. The quantitative estimate of drug-likeness (QED) is 0.808. The molecule has 0 bridgehead atoms. The largest absolute Gasteiger partial charge is 0.369 e. The van der Waals surface area contributed by atoms with E-state index in [4.69, 9.17) is 5.73 Å². The minimum Gasteiger partial charge on any atom is -0.369 e. The topological polar surface area (TPSA) is 56.7 Å². The van der Waals surface area contributed by atoms with Gasteiger partial charge in [-0.3, -0.25) is 0 Å². The summed E-state index contributed by atoms with van der Waals surface area (Å²) in [6.07, 6.45) is 2.71. The van der Waals surface area contributed by atoms with Gasteiger partial charge in [-0.1, -0.05) is 6.92 Å². The normalized spacial score (nSPS) is 11.3. The smallest absolute Gasteiger partial charge is 0.201 e. The Labute approximate surface area is 117 Å². The SMILES string of the molecule is CCc1cnc(Cn2c(N)nc3c(F)cc(F)cc32)s1. The number of aromatic nitrogens is 3. The van der Waals surface area contributed by atoms with Crippen LogP contribution < -0.4 is 5.73 Å². The molecule has 0 aliphatic rings. The second-order valence-corrected chi connectivity index (χ2v) is 5.59. The number of rotatable bonds is 3. The van der Waals surface area contributed by atoms with Gasteiger partial charge in [0, 0.05) is 23.2 Å². The molecule has 104 valence electrons. The summed E-state index contributed by atoms with van der Waals surface area (Å²) in [5.41, 5.74) is 6.22. The summed E-state index contributed by atoms with van der Waals surface area (Å²) in [6, 6.07) is 2.04. The van der Waals surface area contributed by atoms with Crippen LogP contribution in [0.1, 0.15) is 16.8 Å². The molecular formula is C13H12F2N4S. The van der Waals surface area contributed by atoms with Crippen LogP contribution in [0.25, 0.3) is 11.0 Å². The van der Waals surface area contributed by atoms with Crippen LogP contribution in [0.3, 0.4) is 0 Å². The molecule has 2 aromatic heterocycles. The Hall–Kier alpha value is -2.02. The Balaban J connectivity index is 2.08. The van der Waals surface area contributed by atoms with Crippen LogP contribution in [0, 0.1) is 11.6 Å². The first kappa shape index (κ1) is 13.0. The first-order valence-corrected chi connectivity index (χ1v) is 6.94. The fraction of sp³-hybridized carbons (Fsp3) is 0.231. The van der Waals surface area contributed by atoms with Gasteiger partial charge in [0.1, 0.15) is 16.3 Å². The molecule has 4 nitrogen and oxygen atoms in total. The van der Waals surface area contributed by atoms with E-state index in [1.54, 1.807) is 22.1 Å². The van der Waals surface area contributed by atoms with E-state index in [0.717, 1.165) is 22.4 Å².